The van der Waals surface area contributed by atoms with Crippen LogP contribution in [0.3, 0.4) is 0 Å². The highest BCUT2D eigenvalue weighted by atomic mass is 16.2. The minimum absolute atomic E-state index is 0.0450. The van der Waals surface area contributed by atoms with Gasteiger partial charge in [0.2, 0.25) is 5.91 Å². The van der Waals surface area contributed by atoms with Crippen LogP contribution < -0.4 is 15.5 Å². The van der Waals surface area contributed by atoms with Crippen LogP contribution in [0.25, 0.3) is 0 Å². The number of nitrogens with zero attached hydrogens (tertiary/aromatic N) is 1. The predicted molar refractivity (Wildman–Crippen MR) is 82.7 cm³/mol. The molecule has 21 heavy (non-hydrogen) atoms. The number of fused-ring (bicyclic) bond motifs is 3. The normalized spacial score (nSPS) is 20.6. The lowest BCUT2D eigenvalue weighted by Crippen LogP contribution is -2.50. The van der Waals surface area contributed by atoms with Crippen LogP contribution in [0.15, 0.2) is 18.2 Å². The summed E-state index contributed by atoms with van der Waals surface area (Å²) < 4.78 is 0. The van der Waals surface area contributed by atoms with Crippen LogP contribution in [0.5, 0.6) is 0 Å². The Morgan fingerprint density at radius 1 is 1.38 bits per heavy atom. The third kappa shape index (κ3) is 2.60. The van der Waals surface area contributed by atoms with Crippen molar-refractivity contribution < 1.29 is 9.59 Å². The van der Waals surface area contributed by atoms with E-state index >= 15 is 0 Å². The summed E-state index contributed by atoms with van der Waals surface area (Å²) in [7, 11) is 0. The molecule has 2 amide bonds. The van der Waals surface area contributed by atoms with Crippen LogP contribution in [0.1, 0.15) is 43.5 Å². The number of nitrogens with one attached hydrogen (secondary N) is 2. The van der Waals surface area contributed by atoms with Gasteiger partial charge >= 0.3 is 0 Å². The Bertz CT molecular complexity index is 583. The van der Waals surface area contributed by atoms with E-state index in [1.165, 1.54) is 0 Å². The Labute approximate surface area is 124 Å². The SMILES string of the molecule is CC(C)NC(=O)c1ccc2c(c1)NC(=O)C1CCCCN21. The third-order valence-corrected chi connectivity index (χ3v) is 4.05. The first-order valence-electron chi connectivity index (χ1n) is 7.58. The lowest BCUT2D eigenvalue weighted by molar-refractivity contribution is -0.118. The summed E-state index contributed by atoms with van der Waals surface area (Å²) in [6.07, 6.45) is 3.11. The van der Waals surface area contributed by atoms with E-state index in [2.05, 4.69) is 15.5 Å². The Balaban J connectivity index is 1.91. The number of carbonyl (C=O) groups excluding carboxylic acids is 2. The van der Waals surface area contributed by atoms with E-state index in [-0.39, 0.29) is 23.9 Å². The molecule has 2 N–H and O–H groups in total. The van der Waals surface area contributed by atoms with Gasteiger partial charge < -0.3 is 15.5 Å². The molecule has 3 rings (SSSR count). The van der Waals surface area contributed by atoms with Crippen molar-refractivity contribution in [2.75, 3.05) is 16.8 Å². The molecule has 1 atom stereocenters. The molecule has 1 fully saturated rings. The van der Waals surface area contributed by atoms with Crippen molar-refractivity contribution in [3.05, 3.63) is 23.8 Å². The van der Waals surface area contributed by atoms with Gasteiger partial charge in [0.15, 0.2) is 0 Å². The van der Waals surface area contributed by atoms with Crippen molar-refractivity contribution in [2.45, 2.75) is 45.2 Å². The van der Waals surface area contributed by atoms with Crippen molar-refractivity contribution in [1.82, 2.24) is 5.32 Å². The largest absolute Gasteiger partial charge is 0.358 e. The number of benzene rings is 1. The quantitative estimate of drug-likeness (QED) is 0.876. The van der Waals surface area contributed by atoms with Gasteiger partial charge in [-0.25, -0.2) is 0 Å². The minimum Gasteiger partial charge on any atom is -0.358 e. The van der Waals surface area contributed by atoms with Gasteiger partial charge in [0.1, 0.15) is 6.04 Å². The molecule has 1 aromatic carbocycles. The number of hydrogen-bond acceptors (Lipinski definition) is 3. The lowest BCUT2D eigenvalue weighted by atomic mass is 9.97. The highest BCUT2D eigenvalue weighted by Crippen LogP contribution is 2.36. The molecule has 1 saturated heterocycles. The molecule has 0 aliphatic carbocycles. The van der Waals surface area contributed by atoms with Crippen molar-refractivity contribution in [3.63, 3.8) is 0 Å². The van der Waals surface area contributed by atoms with Gasteiger partial charge in [0.05, 0.1) is 11.4 Å². The van der Waals surface area contributed by atoms with Gasteiger partial charge in [-0.15, -0.1) is 0 Å². The summed E-state index contributed by atoms with van der Waals surface area (Å²) in [6, 6.07) is 5.59. The average Bonchev–Trinajstić information content (AvgIpc) is 2.46. The van der Waals surface area contributed by atoms with Crippen LogP contribution in [-0.4, -0.2) is 30.4 Å². The molecule has 1 unspecified atom stereocenters. The third-order valence-electron chi connectivity index (χ3n) is 4.05. The monoisotopic (exact) mass is 287 g/mol. The molecule has 5 heteroatoms. The number of carbonyl (C=O) groups is 2. The number of hydrogen-bond donors (Lipinski definition) is 2. The second-order valence-corrected chi connectivity index (χ2v) is 6.05. The van der Waals surface area contributed by atoms with E-state index in [4.69, 9.17) is 0 Å². The van der Waals surface area contributed by atoms with Gasteiger partial charge in [-0.1, -0.05) is 0 Å². The van der Waals surface area contributed by atoms with Crippen molar-refractivity contribution in [1.29, 1.82) is 0 Å². The topological polar surface area (TPSA) is 61.4 Å². The molecule has 1 aromatic rings. The first-order chi connectivity index (χ1) is 10.1. The summed E-state index contributed by atoms with van der Waals surface area (Å²) in [4.78, 5) is 26.4. The molecule has 5 nitrogen and oxygen atoms in total. The first kappa shape index (κ1) is 13.9. The zero-order valence-electron chi connectivity index (χ0n) is 12.5. The van der Waals surface area contributed by atoms with Crippen molar-refractivity contribution >= 4 is 23.2 Å². The average molecular weight is 287 g/mol. The van der Waals surface area contributed by atoms with E-state index in [9.17, 15) is 9.59 Å². The Kier molecular flexibility index (Phi) is 3.57. The molecule has 0 aromatic heterocycles. The maximum atomic E-state index is 12.2. The molecule has 112 valence electrons. The minimum atomic E-state index is -0.109. The van der Waals surface area contributed by atoms with E-state index in [1.807, 2.05) is 26.0 Å². The molecule has 2 heterocycles. The number of anilines is 2. The van der Waals surface area contributed by atoms with Gasteiger partial charge in [-0.3, -0.25) is 9.59 Å². The van der Waals surface area contributed by atoms with E-state index in [0.717, 1.165) is 37.2 Å². The Morgan fingerprint density at radius 2 is 2.19 bits per heavy atom. The zero-order valence-corrected chi connectivity index (χ0v) is 12.5. The second kappa shape index (κ2) is 5.39. The van der Waals surface area contributed by atoms with Gasteiger partial charge in [-0.05, 0) is 51.3 Å². The smallest absolute Gasteiger partial charge is 0.251 e. The highest BCUT2D eigenvalue weighted by molar-refractivity contribution is 6.05. The molecule has 2 aliphatic rings. The molecule has 0 radical (unpaired) electrons. The van der Waals surface area contributed by atoms with E-state index in [0.29, 0.717) is 5.56 Å². The fourth-order valence-electron chi connectivity index (χ4n) is 3.08. The molecule has 0 spiro atoms. The summed E-state index contributed by atoms with van der Waals surface area (Å²) in [5, 5.41) is 5.82. The van der Waals surface area contributed by atoms with E-state index < -0.39 is 0 Å². The fourth-order valence-corrected chi connectivity index (χ4v) is 3.08. The molecule has 0 bridgehead atoms. The lowest BCUT2D eigenvalue weighted by Gasteiger charge is -2.41. The van der Waals surface area contributed by atoms with Crippen LogP contribution in [0.2, 0.25) is 0 Å². The van der Waals surface area contributed by atoms with Crippen LogP contribution >= 0.6 is 0 Å². The van der Waals surface area contributed by atoms with Crippen molar-refractivity contribution in [2.24, 2.45) is 0 Å². The zero-order chi connectivity index (χ0) is 15.0. The number of piperidine rings is 1. The number of amides is 2. The summed E-state index contributed by atoms with van der Waals surface area (Å²) >= 11 is 0. The Morgan fingerprint density at radius 3 is 2.95 bits per heavy atom. The summed E-state index contributed by atoms with van der Waals surface area (Å²) in [5.74, 6) is -0.0635. The predicted octanol–water partition coefficient (Wildman–Crippen LogP) is 2.14. The van der Waals surface area contributed by atoms with Crippen LogP contribution in [0, 0.1) is 0 Å². The molecule has 0 saturated carbocycles. The number of rotatable bonds is 2. The van der Waals surface area contributed by atoms with Crippen LogP contribution in [-0.2, 0) is 4.79 Å². The maximum Gasteiger partial charge on any atom is 0.251 e. The molecule has 2 aliphatic heterocycles. The van der Waals surface area contributed by atoms with Crippen molar-refractivity contribution in [3.8, 4) is 0 Å². The molecular weight excluding hydrogens is 266 g/mol. The van der Waals surface area contributed by atoms with Crippen LogP contribution in [0.4, 0.5) is 11.4 Å². The summed E-state index contributed by atoms with van der Waals surface area (Å²) in [6.45, 7) is 4.76. The molecular formula is C16H21N3O2. The van der Waals surface area contributed by atoms with Gasteiger partial charge in [-0.2, -0.15) is 0 Å². The standard InChI is InChI=1S/C16H21N3O2/c1-10(2)17-15(20)11-6-7-13-12(9-11)18-16(21)14-5-3-4-8-19(13)14/h6-7,9-10,14H,3-5,8H2,1-2H3,(H,17,20)(H,18,21). The Hall–Kier alpha value is -2.04. The summed E-state index contributed by atoms with van der Waals surface area (Å²) in [5.41, 5.74) is 2.35. The first-order valence-corrected chi connectivity index (χ1v) is 7.58. The fraction of sp³-hybridized carbons (Fsp3) is 0.500. The second-order valence-electron chi connectivity index (χ2n) is 6.05. The highest BCUT2D eigenvalue weighted by Gasteiger charge is 2.34. The van der Waals surface area contributed by atoms with Gasteiger partial charge in [0, 0.05) is 18.2 Å². The van der Waals surface area contributed by atoms with E-state index in [1.54, 1.807) is 6.07 Å². The van der Waals surface area contributed by atoms with Gasteiger partial charge in [0.25, 0.3) is 5.91 Å². The maximum absolute atomic E-state index is 12.2.